The van der Waals surface area contributed by atoms with Gasteiger partial charge < -0.3 is 27.4 Å². The Bertz CT molecular complexity index is 1320. The molecule has 0 bridgehead atoms. The molecule has 2 aliphatic rings. The van der Waals surface area contributed by atoms with Gasteiger partial charge in [-0.25, -0.2) is 25.9 Å². The average Bonchev–Trinajstić information content (AvgIpc) is 2.86. The standard InChI is InChI=1S/C22H31N13O/c23-12-29-32-21(26)33-35(34-22(27,28)20(24)25)15-7-9-17-19(11-15)36-18-10-14(6-8-16(18)31-17)30-13-4-2-1-3-5-13/h1-11,20-21,29,32-34H,12,23-28H2. The maximum atomic E-state index is 6.17. The second-order valence-electron chi connectivity index (χ2n) is 8.00. The number of anilines is 1. The molecule has 0 amide bonds. The van der Waals surface area contributed by atoms with E-state index in [-0.39, 0.29) is 6.67 Å². The number of hydrazine groups is 3. The molecule has 36 heavy (non-hydrogen) atoms. The predicted octanol–water partition coefficient (Wildman–Crippen LogP) is -1.95. The topological polar surface area (TPSA) is 246 Å². The van der Waals surface area contributed by atoms with Gasteiger partial charge >= 0.3 is 0 Å². The van der Waals surface area contributed by atoms with Crippen LogP contribution >= 0.6 is 0 Å². The molecule has 4 rings (SSSR count). The lowest BCUT2D eigenvalue weighted by Gasteiger charge is -2.38. The second-order valence-corrected chi connectivity index (χ2v) is 8.00. The Kier molecular flexibility index (Phi) is 7.82. The van der Waals surface area contributed by atoms with Gasteiger partial charge in [-0.15, -0.1) is 0 Å². The summed E-state index contributed by atoms with van der Waals surface area (Å²) < 4.78 is 6.17. The number of nitrogens with one attached hydrogen (secondary N) is 4. The lowest BCUT2D eigenvalue weighted by atomic mass is 10.2. The van der Waals surface area contributed by atoms with E-state index in [1.54, 1.807) is 18.2 Å². The molecule has 190 valence electrons. The zero-order valence-electron chi connectivity index (χ0n) is 19.4. The minimum absolute atomic E-state index is 0.153. The number of hydrogen-bond donors (Lipinski definition) is 10. The van der Waals surface area contributed by atoms with Crippen molar-refractivity contribution in [3.8, 4) is 11.5 Å². The first-order chi connectivity index (χ1) is 17.2. The minimum atomic E-state index is -1.68. The highest BCUT2D eigenvalue weighted by molar-refractivity contribution is 5.80. The summed E-state index contributed by atoms with van der Waals surface area (Å²) in [7, 11) is 0. The molecule has 16 N–H and O–H groups in total. The Balaban J connectivity index is 1.71. The Morgan fingerprint density at radius 3 is 2.50 bits per heavy atom. The van der Waals surface area contributed by atoms with Crippen molar-refractivity contribution < 1.29 is 4.42 Å². The van der Waals surface area contributed by atoms with Crippen molar-refractivity contribution in [1.29, 1.82) is 0 Å². The van der Waals surface area contributed by atoms with Gasteiger partial charge in [0.25, 0.3) is 0 Å². The number of para-hydroxylation sites is 1. The molecule has 1 aliphatic carbocycles. The monoisotopic (exact) mass is 493 g/mol. The van der Waals surface area contributed by atoms with Crippen molar-refractivity contribution in [3.05, 3.63) is 72.1 Å². The van der Waals surface area contributed by atoms with E-state index in [0.717, 1.165) is 11.0 Å². The van der Waals surface area contributed by atoms with E-state index in [9.17, 15) is 0 Å². The molecule has 0 fully saturated rings. The fourth-order valence-electron chi connectivity index (χ4n) is 3.24. The highest BCUT2D eigenvalue weighted by atomic mass is 16.3. The van der Waals surface area contributed by atoms with Gasteiger partial charge in [-0.3, -0.25) is 11.5 Å². The van der Waals surface area contributed by atoms with Crippen molar-refractivity contribution >= 4 is 22.5 Å². The molecule has 14 heteroatoms. The van der Waals surface area contributed by atoms with Crippen molar-refractivity contribution in [3.63, 3.8) is 0 Å². The number of hydrogen-bond acceptors (Lipinski definition) is 14. The van der Waals surface area contributed by atoms with Crippen LogP contribution in [0.1, 0.15) is 0 Å². The number of nitrogens with zero attached hydrogens (tertiary/aromatic N) is 3. The molecule has 1 atom stereocenters. The van der Waals surface area contributed by atoms with Crippen LogP contribution in [0.5, 0.6) is 0 Å². The quantitative estimate of drug-likeness (QED) is 0.0656. The average molecular weight is 494 g/mol. The second kappa shape index (κ2) is 11.0. The van der Waals surface area contributed by atoms with Gasteiger partial charge in [0.15, 0.2) is 17.1 Å². The van der Waals surface area contributed by atoms with E-state index in [2.05, 4.69) is 31.7 Å². The first kappa shape index (κ1) is 25.5. The van der Waals surface area contributed by atoms with Gasteiger partial charge in [0.2, 0.25) is 0 Å². The van der Waals surface area contributed by atoms with Crippen LogP contribution in [0.4, 0.5) is 11.4 Å². The normalized spacial score (nSPS) is 13.6. The van der Waals surface area contributed by atoms with Crippen LogP contribution in [0.2, 0.25) is 0 Å². The van der Waals surface area contributed by atoms with Gasteiger partial charge in [0, 0.05) is 12.1 Å². The molecule has 1 unspecified atom stereocenters. The van der Waals surface area contributed by atoms with Crippen LogP contribution in [0.15, 0.2) is 76.1 Å². The first-order valence-electron chi connectivity index (χ1n) is 11.1. The number of fused-ring (bicyclic) bond motifs is 2. The molecule has 0 aromatic heterocycles. The number of rotatable bonds is 10. The highest BCUT2D eigenvalue weighted by Crippen LogP contribution is 2.26. The highest BCUT2D eigenvalue weighted by Gasteiger charge is 2.28. The summed E-state index contributed by atoms with van der Waals surface area (Å²) in [6.45, 7) is 0.153. The summed E-state index contributed by atoms with van der Waals surface area (Å²) in [6, 6.07) is 20.5. The van der Waals surface area contributed by atoms with Gasteiger partial charge in [0.1, 0.15) is 23.7 Å². The SMILES string of the molecule is NCNNC(N)NN(NC(N)(N)C(N)N)c1ccc2nc3ccc(=Nc4ccccc4)cc-3oc2c1. The molecule has 0 spiro atoms. The number of nitrogens with two attached hydrogens (primary N) is 6. The van der Waals surface area contributed by atoms with Crippen LogP contribution in [0.3, 0.4) is 0 Å². The summed E-state index contributed by atoms with van der Waals surface area (Å²) in [5, 5.41) is 2.11. The first-order valence-corrected chi connectivity index (χ1v) is 11.1. The van der Waals surface area contributed by atoms with Gasteiger partial charge in [-0.2, -0.15) is 10.9 Å². The van der Waals surface area contributed by atoms with E-state index in [4.69, 9.17) is 38.8 Å². The molecular weight excluding hydrogens is 462 g/mol. The summed E-state index contributed by atoms with van der Waals surface area (Å²) in [5.41, 5.74) is 49.4. The Morgan fingerprint density at radius 1 is 1.00 bits per heavy atom. The third-order valence-electron chi connectivity index (χ3n) is 5.11. The third-order valence-corrected chi connectivity index (χ3v) is 5.11. The van der Waals surface area contributed by atoms with Crippen molar-refractivity contribution in [2.24, 2.45) is 39.4 Å². The van der Waals surface area contributed by atoms with Crippen molar-refractivity contribution in [1.82, 2.24) is 26.7 Å². The molecule has 1 heterocycles. The fraction of sp³-hybridized carbons (Fsp3) is 0.182. The molecule has 1 aliphatic heterocycles. The Hall–Kier alpha value is -3.54. The van der Waals surface area contributed by atoms with E-state index < -0.39 is 18.2 Å². The lowest BCUT2D eigenvalue weighted by Crippen LogP contribution is -2.79. The molecule has 2 aromatic rings. The zero-order valence-corrected chi connectivity index (χ0v) is 19.4. The smallest absolute Gasteiger partial charge is 0.165 e. The van der Waals surface area contributed by atoms with E-state index >= 15 is 0 Å². The van der Waals surface area contributed by atoms with Crippen LogP contribution in [-0.4, -0.2) is 29.9 Å². The lowest BCUT2D eigenvalue weighted by molar-refractivity contribution is 0.242. The van der Waals surface area contributed by atoms with Crippen LogP contribution in [0, 0.1) is 0 Å². The summed E-state index contributed by atoms with van der Waals surface area (Å²) in [6.07, 6.45) is -1.91. The fourth-order valence-corrected chi connectivity index (χ4v) is 3.24. The number of benzene rings is 3. The molecule has 0 saturated heterocycles. The van der Waals surface area contributed by atoms with Crippen molar-refractivity contribution in [2.45, 2.75) is 18.2 Å². The minimum Gasteiger partial charge on any atom is -0.453 e. The molecule has 2 aromatic carbocycles. The van der Waals surface area contributed by atoms with Crippen LogP contribution in [0.25, 0.3) is 22.6 Å². The van der Waals surface area contributed by atoms with Crippen molar-refractivity contribution in [2.75, 3.05) is 11.8 Å². The number of aromatic nitrogens is 1. The van der Waals surface area contributed by atoms with E-state index in [0.29, 0.717) is 28.2 Å². The van der Waals surface area contributed by atoms with Gasteiger partial charge in [0.05, 0.1) is 23.4 Å². The van der Waals surface area contributed by atoms with Gasteiger partial charge in [-0.1, -0.05) is 18.2 Å². The van der Waals surface area contributed by atoms with Gasteiger partial charge in [-0.05, 0) is 36.4 Å². The van der Waals surface area contributed by atoms with E-state index in [1.807, 2.05) is 48.5 Å². The summed E-state index contributed by atoms with van der Waals surface area (Å²) >= 11 is 0. The predicted molar refractivity (Wildman–Crippen MR) is 138 cm³/mol. The van der Waals surface area contributed by atoms with E-state index in [1.165, 1.54) is 5.12 Å². The maximum Gasteiger partial charge on any atom is 0.165 e. The molecular formula is C22H31N13O. The molecule has 14 nitrogen and oxygen atoms in total. The Morgan fingerprint density at radius 2 is 1.78 bits per heavy atom. The summed E-state index contributed by atoms with van der Waals surface area (Å²) in [5.74, 6) is -1.12. The molecule has 0 radical (unpaired) electrons. The third kappa shape index (κ3) is 6.17. The summed E-state index contributed by atoms with van der Waals surface area (Å²) in [4.78, 5) is 9.31. The maximum absolute atomic E-state index is 6.17. The van der Waals surface area contributed by atoms with Crippen LogP contribution in [-0.2, 0) is 0 Å². The Labute approximate surface area is 206 Å². The molecule has 0 saturated carbocycles. The zero-order chi connectivity index (χ0) is 25.7. The van der Waals surface area contributed by atoms with Crippen LogP contribution < -0.4 is 66.6 Å². The largest absolute Gasteiger partial charge is 0.453 e.